The number of nitro groups is 1. The van der Waals surface area contributed by atoms with Crippen molar-refractivity contribution in [3.8, 4) is 0 Å². The first-order chi connectivity index (χ1) is 12.3. The lowest BCUT2D eigenvalue weighted by molar-refractivity contribution is -0.384. The molecule has 0 radical (unpaired) electrons. The zero-order valence-corrected chi connectivity index (χ0v) is 15.4. The number of thioether (sulfide) groups is 1. The highest BCUT2D eigenvalue weighted by Gasteiger charge is 2.35. The number of benzene rings is 1. The molecule has 134 valence electrons. The Bertz CT molecular complexity index is 944. The van der Waals surface area contributed by atoms with E-state index in [9.17, 15) is 19.7 Å². The van der Waals surface area contributed by atoms with Crippen LogP contribution in [-0.4, -0.2) is 25.5 Å². The summed E-state index contributed by atoms with van der Waals surface area (Å²) in [4.78, 5) is 36.6. The minimum Gasteiger partial charge on any atom is -0.352 e. The fourth-order valence-electron chi connectivity index (χ4n) is 2.71. The summed E-state index contributed by atoms with van der Waals surface area (Å²) in [6, 6.07) is 7.80. The summed E-state index contributed by atoms with van der Waals surface area (Å²) in [6.45, 7) is 4.03. The largest absolute Gasteiger partial charge is 0.352 e. The Hall–Kier alpha value is -2.87. The topological polar surface area (TPSA) is 85.5 Å². The molecule has 1 saturated heterocycles. The van der Waals surface area contributed by atoms with Crippen LogP contribution in [0.1, 0.15) is 22.5 Å². The van der Waals surface area contributed by atoms with Gasteiger partial charge in [0.05, 0.1) is 16.4 Å². The second kappa shape index (κ2) is 6.80. The molecule has 2 heterocycles. The van der Waals surface area contributed by atoms with Crippen molar-refractivity contribution in [1.29, 1.82) is 0 Å². The van der Waals surface area contributed by atoms with Crippen LogP contribution in [0, 0.1) is 24.0 Å². The summed E-state index contributed by atoms with van der Waals surface area (Å²) in [7, 11) is 1.95. The molecule has 8 heteroatoms. The summed E-state index contributed by atoms with van der Waals surface area (Å²) >= 11 is 0.909. The smallest absolute Gasteiger partial charge is 0.293 e. The molecule has 0 bridgehead atoms. The first-order valence-electron chi connectivity index (χ1n) is 7.89. The first kappa shape index (κ1) is 17.9. The van der Waals surface area contributed by atoms with Crippen LogP contribution in [0.5, 0.6) is 0 Å². The molecule has 0 saturated carbocycles. The fraction of sp³-hybridized carbons (Fsp3) is 0.222. The van der Waals surface area contributed by atoms with Gasteiger partial charge in [0.25, 0.3) is 16.8 Å². The number of imide groups is 1. The standard InChI is InChI=1S/C18H17N3O4S/c1-11-8-14(12(2)19(11)3)9-16-17(22)20(18(23)26-16)10-13-4-6-15(7-5-13)21(24)25/h4-9H,10H2,1-3H3/b16-9-. The van der Waals surface area contributed by atoms with Crippen LogP contribution in [0.4, 0.5) is 10.5 Å². The van der Waals surface area contributed by atoms with Crippen molar-refractivity contribution in [1.82, 2.24) is 9.47 Å². The number of non-ortho nitro benzene ring substituents is 1. The third-order valence-corrected chi connectivity index (χ3v) is 5.37. The minimum atomic E-state index is -0.489. The van der Waals surface area contributed by atoms with E-state index in [2.05, 4.69) is 0 Å². The van der Waals surface area contributed by atoms with Gasteiger partial charge < -0.3 is 4.57 Å². The number of amides is 2. The van der Waals surface area contributed by atoms with E-state index in [1.807, 2.05) is 31.5 Å². The molecule has 0 atom stereocenters. The number of rotatable bonds is 4. The predicted molar refractivity (Wildman–Crippen MR) is 99.5 cm³/mol. The van der Waals surface area contributed by atoms with Crippen molar-refractivity contribution in [3.05, 3.63) is 67.9 Å². The van der Waals surface area contributed by atoms with E-state index in [0.29, 0.717) is 10.5 Å². The van der Waals surface area contributed by atoms with Gasteiger partial charge >= 0.3 is 0 Å². The van der Waals surface area contributed by atoms with Gasteiger partial charge in [-0.2, -0.15) is 0 Å². The predicted octanol–water partition coefficient (Wildman–Crippen LogP) is 3.79. The Labute approximate surface area is 154 Å². The van der Waals surface area contributed by atoms with E-state index < -0.39 is 4.92 Å². The average Bonchev–Trinajstić information content (AvgIpc) is 3.00. The maximum absolute atomic E-state index is 12.6. The van der Waals surface area contributed by atoms with Crippen molar-refractivity contribution in [3.63, 3.8) is 0 Å². The lowest BCUT2D eigenvalue weighted by Crippen LogP contribution is -2.27. The number of nitro benzene ring substituents is 1. The quantitative estimate of drug-likeness (QED) is 0.464. The van der Waals surface area contributed by atoms with E-state index >= 15 is 0 Å². The van der Waals surface area contributed by atoms with Crippen LogP contribution >= 0.6 is 11.8 Å². The van der Waals surface area contributed by atoms with Gasteiger partial charge in [-0.3, -0.25) is 24.6 Å². The highest BCUT2D eigenvalue weighted by Crippen LogP contribution is 2.34. The molecule has 1 aliphatic heterocycles. The van der Waals surface area contributed by atoms with Gasteiger partial charge in [-0.15, -0.1) is 0 Å². The zero-order valence-electron chi connectivity index (χ0n) is 14.6. The molecular weight excluding hydrogens is 354 g/mol. The number of carbonyl (C=O) groups is 2. The molecule has 0 aliphatic carbocycles. The maximum atomic E-state index is 12.6. The van der Waals surface area contributed by atoms with Gasteiger partial charge in [0.1, 0.15) is 0 Å². The molecule has 0 spiro atoms. The lowest BCUT2D eigenvalue weighted by atomic mass is 10.2. The average molecular weight is 371 g/mol. The second-order valence-corrected chi connectivity index (χ2v) is 7.07. The molecule has 1 fully saturated rings. The molecule has 1 aromatic heterocycles. The number of hydrogen-bond donors (Lipinski definition) is 0. The summed E-state index contributed by atoms with van der Waals surface area (Å²) < 4.78 is 2.02. The van der Waals surface area contributed by atoms with E-state index in [1.54, 1.807) is 18.2 Å². The monoisotopic (exact) mass is 371 g/mol. The van der Waals surface area contributed by atoms with Crippen LogP contribution in [0.2, 0.25) is 0 Å². The van der Waals surface area contributed by atoms with Crippen molar-refractivity contribution in [2.75, 3.05) is 0 Å². The Balaban J connectivity index is 1.81. The summed E-state index contributed by atoms with van der Waals surface area (Å²) in [6.07, 6.45) is 1.74. The van der Waals surface area contributed by atoms with Crippen LogP contribution in [0.25, 0.3) is 6.08 Å². The van der Waals surface area contributed by atoms with Crippen LogP contribution in [0.3, 0.4) is 0 Å². The van der Waals surface area contributed by atoms with Gasteiger partial charge in [-0.1, -0.05) is 12.1 Å². The van der Waals surface area contributed by atoms with Gasteiger partial charge in [-0.05, 0) is 48.9 Å². The molecule has 1 aromatic carbocycles. The summed E-state index contributed by atoms with van der Waals surface area (Å²) in [5, 5.41) is 10.4. The molecule has 1 aliphatic rings. The molecule has 26 heavy (non-hydrogen) atoms. The molecule has 3 rings (SSSR count). The highest BCUT2D eigenvalue weighted by atomic mass is 32.2. The summed E-state index contributed by atoms with van der Waals surface area (Å²) in [5.41, 5.74) is 3.62. The highest BCUT2D eigenvalue weighted by molar-refractivity contribution is 8.18. The van der Waals surface area contributed by atoms with Gasteiger partial charge in [0.2, 0.25) is 0 Å². The normalized spacial score (nSPS) is 16.0. The van der Waals surface area contributed by atoms with Crippen LogP contribution < -0.4 is 0 Å². The van der Waals surface area contributed by atoms with Gasteiger partial charge in [-0.25, -0.2) is 0 Å². The third-order valence-electron chi connectivity index (χ3n) is 4.46. The SMILES string of the molecule is Cc1cc(/C=C2\SC(=O)N(Cc3ccc([N+](=O)[O-])cc3)C2=O)c(C)n1C. The molecule has 7 nitrogen and oxygen atoms in total. The molecular formula is C18H17N3O4S. The van der Waals surface area contributed by atoms with Crippen LogP contribution in [-0.2, 0) is 18.4 Å². The molecule has 0 unspecified atom stereocenters. The lowest BCUT2D eigenvalue weighted by Gasteiger charge is -2.12. The number of hydrogen-bond acceptors (Lipinski definition) is 5. The van der Waals surface area contributed by atoms with Crippen LogP contribution in [0.15, 0.2) is 35.2 Å². The Morgan fingerprint density at radius 3 is 2.38 bits per heavy atom. The van der Waals surface area contributed by atoms with Crippen molar-refractivity contribution >= 4 is 34.7 Å². The number of carbonyl (C=O) groups excluding carboxylic acids is 2. The van der Waals surface area contributed by atoms with E-state index in [-0.39, 0.29) is 23.4 Å². The van der Waals surface area contributed by atoms with E-state index in [1.165, 1.54) is 12.1 Å². The summed E-state index contributed by atoms with van der Waals surface area (Å²) in [5.74, 6) is -0.348. The van der Waals surface area contributed by atoms with E-state index in [4.69, 9.17) is 0 Å². The van der Waals surface area contributed by atoms with Gasteiger partial charge in [0, 0.05) is 30.6 Å². The molecule has 0 N–H and O–H groups in total. The van der Waals surface area contributed by atoms with Crippen molar-refractivity contribution in [2.45, 2.75) is 20.4 Å². The first-order valence-corrected chi connectivity index (χ1v) is 8.71. The number of aromatic nitrogens is 1. The molecule has 2 aromatic rings. The van der Waals surface area contributed by atoms with Crippen molar-refractivity contribution < 1.29 is 14.5 Å². The van der Waals surface area contributed by atoms with E-state index in [0.717, 1.165) is 33.6 Å². The van der Waals surface area contributed by atoms with Crippen molar-refractivity contribution in [2.24, 2.45) is 7.05 Å². The molecule has 2 amide bonds. The Morgan fingerprint density at radius 2 is 1.85 bits per heavy atom. The number of nitrogens with zero attached hydrogens (tertiary/aromatic N) is 3. The second-order valence-electron chi connectivity index (χ2n) is 6.08. The zero-order chi connectivity index (χ0) is 19.0. The van der Waals surface area contributed by atoms with Gasteiger partial charge in [0.15, 0.2) is 0 Å². The Kier molecular flexibility index (Phi) is 4.69. The maximum Gasteiger partial charge on any atom is 0.293 e. The Morgan fingerprint density at radius 1 is 1.19 bits per heavy atom. The minimum absolute atomic E-state index is 0.0299. The fourth-order valence-corrected chi connectivity index (χ4v) is 3.54. The number of aryl methyl sites for hydroxylation is 1. The third kappa shape index (κ3) is 3.28.